The summed E-state index contributed by atoms with van der Waals surface area (Å²) in [5, 5.41) is 21.2. The molecule has 2 fully saturated rings. The molecule has 2 aromatic carbocycles. The molecule has 3 aliphatic rings. The number of fused-ring (bicyclic) bond motifs is 3. The van der Waals surface area contributed by atoms with Crippen molar-refractivity contribution in [1.82, 2.24) is 0 Å². The number of carbonyl (C=O) groups excluding carboxylic acids is 2. The normalized spacial score (nSPS) is 23.1. The molecule has 2 N–H and O–H groups in total. The fourth-order valence-corrected chi connectivity index (χ4v) is 8.23. The molecule has 0 spiro atoms. The zero-order chi connectivity index (χ0) is 36.7. The molecule has 2 aliphatic heterocycles. The molecule has 0 aromatic heterocycles. The third-order valence-corrected chi connectivity index (χ3v) is 10.5. The molecule has 0 bridgehead atoms. The highest BCUT2D eigenvalue weighted by molar-refractivity contribution is 14.1. The second kappa shape index (κ2) is 14.9. The summed E-state index contributed by atoms with van der Waals surface area (Å²) in [4.78, 5) is 28.3. The van der Waals surface area contributed by atoms with Crippen LogP contribution in [-0.2, 0) is 26.6 Å². The van der Waals surface area contributed by atoms with Gasteiger partial charge in [0.05, 0.1) is 45.4 Å². The largest absolute Gasteiger partial charge is 0.504 e. The van der Waals surface area contributed by atoms with E-state index >= 15 is 0 Å². The lowest BCUT2D eigenvalue weighted by Crippen LogP contribution is -2.46. The Morgan fingerprint density at radius 3 is 2.24 bits per heavy atom. The van der Waals surface area contributed by atoms with Crippen LogP contribution in [0.4, 0.5) is 32.0 Å². The van der Waals surface area contributed by atoms with Crippen LogP contribution in [0.2, 0.25) is 6.32 Å². The highest BCUT2D eigenvalue weighted by atomic mass is 127. The van der Waals surface area contributed by atoms with E-state index in [1.165, 1.54) is 7.11 Å². The quantitative estimate of drug-likeness (QED) is 0.0819. The van der Waals surface area contributed by atoms with E-state index < -0.39 is 72.0 Å². The smallest absolute Gasteiger partial charge is 0.455 e. The molecule has 1 aliphatic carbocycles. The summed E-state index contributed by atoms with van der Waals surface area (Å²) < 4.78 is 94.2. The fourth-order valence-electron chi connectivity index (χ4n) is 7.60. The number of allylic oxidation sites excluding steroid dienone is 2. The van der Waals surface area contributed by atoms with Gasteiger partial charge in [0, 0.05) is 0 Å². The first-order chi connectivity index (χ1) is 23.5. The van der Waals surface area contributed by atoms with Gasteiger partial charge in [-0.05, 0) is 108 Å². The number of aromatic hydroxyl groups is 1. The molecule has 0 radical (unpaired) electrons. The number of rotatable bonds is 10. The summed E-state index contributed by atoms with van der Waals surface area (Å²) in [5.74, 6) is -4.16. The Kier molecular flexibility index (Phi) is 11.4. The number of halogens is 7. The summed E-state index contributed by atoms with van der Waals surface area (Å²) in [5.41, 5.74) is -0.516. The molecule has 4 atom stereocenters. The van der Waals surface area contributed by atoms with E-state index in [1.807, 2.05) is 48.6 Å². The number of imide groups is 1. The van der Waals surface area contributed by atoms with Crippen molar-refractivity contribution < 1.29 is 55.5 Å². The number of hydrogen-bond acceptors (Lipinski definition) is 6. The van der Waals surface area contributed by atoms with Gasteiger partial charge in [0.25, 0.3) is 0 Å². The molecule has 270 valence electrons. The zero-order valence-corrected chi connectivity index (χ0v) is 29.8. The van der Waals surface area contributed by atoms with Gasteiger partial charge >= 0.3 is 19.5 Å². The number of carbonyl (C=O) groups is 2. The first-order valence-corrected chi connectivity index (χ1v) is 17.5. The molecular formula is C35H37BF6INO6. The fraction of sp³-hybridized carbons (Fsp3) is 0.486. The van der Waals surface area contributed by atoms with Crippen molar-refractivity contribution in [2.75, 3.05) is 12.0 Å². The van der Waals surface area contributed by atoms with Crippen molar-refractivity contribution >= 4 is 53.3 Å². The van der Waals surface area contributed by atoms with E-state index in [4.69, 9.17) is 9.39 Å². The lowest BCUT2D eigenvalue weighted by atomic mass is 9.58. The number of hydrogen-bond donors (Lipinski definition) is 2. The van der Waals surface area contributed by atoms with E-state index in [1.54, 1.807) is 6.07 Å². The SMILES string of the molecule is CCCC1=C2[C@@H](CC/C(=C/c3cc(I)c(O)c(OC)c3)CCC)OB(O)C[C@@H]2[C@@H]2C(=O)N(c3cc(C(F)(F)F)cc(C(F)(F)F)c3)C(=O)[C@@H]2C1. The van der Waals surface area contributed by atoms with Gasteiger partial charge in [-0.25, -0.2) is 4.90 Å². The Morgan fingerprint density at radius 1 is 1.00 bits per heavy atom. The maximum Gasteiger partial charge on any atom is 0.455 e. The minimum absolute atomic E-state index is 0.0382. The maximum atomic E-state index is 14.0. The Bertz CT molecular complexity index is 1680. The van der Waals surface area contributed by atoms with Crippen LogP contribution in [-0.4, -0.2) is 42.3 Å². The highest BCUT2D eigenvalue weighted by Crippen LogP contribution is 2.53. The molecule has 2 aromatic rings. The van der Waals surface area contributed by atoms with Gasteiger partial charge in [-0.2, -0.15) is 26.3 Å². The number of ether oxygens (including phenoxy) is 1. The Hall–Kier alpha value is -3.05. The summed E-state index contributed by atoms with van der Waals surface area (Å²) >= 11 is 2.02. The Labute approximate surface area is 300 Å². The number of alkyl halides is 6. The molecule has 2 saturated heterocycles. The topological polar surface area (TPSA) is 96.3 Å². The molecule has 5 rings (SSSR count). The molecule has 7 nitrogen and oxygen atoms in total. The van der Waals surface area contributed by atoms with Gasteiger partial charge in [-0.1, -0.05) is 43.9 Å². The van der Waals surface area contributed by atoms with Gasteiger partial charge in [0.2, 0.25) is 11.8 Å². The predicted molar refractivity (Wildman–Crippen MR) is 183 cm³/mol. The van der Waals surface area contributed by atoms with Crippen LogP contribution in [0.3, 0.4) is 0 Å². The van der Waals surface area contributed by atoms with E-state index in [0.717, 1.165) is 35.1 Å². The van der Waals surface area contributed by atoms with Crippen molar-refractivity contribution in [1.29, 1.82) is 0 Å². The lowest BCUT2D eigenvalue weighted by Gasteiger charge is -2.43. The van der Waals surface area contributed by atoms with Gasteiger partial charge in [-0.15, -0.1) is 0 Å². The van der Waals surface area contributed by atoms with Crippen molar-refractivity contribution in [2.24, 2.45) is 17.8 Å². The summed E-state index contributed by atoms with van der Waals surface area (Å²) in [6.07, 6.45) is -5.15. The first kappa shape index (κ1) is 38.2. The number of anilines is 1. The predicted octanol–water partition coefficient (Wildman–Crippen LogP) is 8.81. The van der Waals surface area contributed by atoms with Crippen molar-refractivity contribution in [3.05, 3.63) is 67.3 Å². The van der Waals surface area contributed by atoms with Crippen LogP contribution in [0.15, 0.2) is 47.1 Å². The molecule has 0 saturated carbocycles. The number of phenolic OH excluding ortho intramolecular Hbond substituents is 1. The number of methoxy groups -OCH3 is 1. The Morgan fingerprint density at radius 2 is 1.66 bits per heavy atom. The number of amides is 2. The second-order valence-electron chi connectivity index (χ2n) is 13.0. The van der Waals surface area contributed by atoms with Crippen LogP contribution in [0.1, 0.15) is 75.5 Å². The van der Waals surface area contributed by atoms with Crippen LogP contribution in [0.25, 0.3) is 6.08 Å². The van der Waals surface area contributed by atoms with Gasteiger partial charge < -0.3 is 19.5 Å². The number of phenols is 1. The van der Waals surface area contributed by atoms with E-state index in [-0.39, 0.29) is 24.6 Å². The average Bonchev–Trinajstić information content (AvgIpc) is 3.29. The molecule has 2 heterocycles. The van der Waals surface area contributed by atoms with Crippen molar-refractivity contribution in [2.45, 2.75) is 83.6 Å². The standard InChI is InChI=1S/C35H37BF6INO6/c1-4-6-18(10-19-11-26(43)31(45)28(12-19)49-3)8-9-27-29-20(7-5-2)13-24-30(25(29)17-36(48)50-27)33(47)44(32(24)46)23-15-21(34(37,38)39)14-22(16-23)35(40,41)42/h10-12,14-16,24-25,27,30,45,48H,4-9,13,17H2,1-3H3/b18-10+/t24-,25+,27-,30-/m1/s1. The lowest BCUT2D eigenvalue weighted by molar-refractivity contribution is -0.143. The number of nitrogens with zero attached hydrogens (tertiary/aromatic N) is 1. The number of benzene rings is 2. The van der Waals surface area contributed by atoms with Crippen LogP contribution in [0.5, 0.6) is 11.5 Å². The van der Waals surface area contributed by atoms with Crippen molar-refractivity contribution in [3.8, 4) is 11.5 Å². The Balaban J connectivity index is 1.49. The molecule has 15 heteroatoms. The summed E-state index contributed by atoms with van der Waals surface area (Å²) in [7, 11) is 0.157. The average molecular weight is 819 g/mol. The third-order valence-electron chi connectivity index (χ3n) is 9.63. The highest BCUT2D eigenvalue weighted by Gasteiger charge is 2.58. The van der Waals surface area contributed by atoms with Gasteiger partial charge in [0.15, 0.2) is 11.5 Å². The summed E-state index contributed by atoms with van der Waals surface area (Å²) in [6.45, 7) is 3.97. The monoisotopic (exact) mass is 819 g/mol. The molecule has 0 unspecified atom stereocenters. The van der Waals surface area contributed by atoms with Crippen LogP contribution < -0.4 is 9.64 Å². The third kappa shape index (κ3) is 7.74. The van der Waals surface area contributed by atoms with Crippen LogP contribution >= 0.6 is 22.6 Å². The van der Waals surface area contributed by atoms with Crippen molar-refractivity contribution in [3.63, 3.8) is 0 Å². The first-order valence-electron chi connectivity index (χ1n) is 16.5. The van der Waals surface area contributed by atoms with E-state index in [9.17, 15) is 46.1 Å². The molecule has 50 heavy (non-hydrogen) atoms. The summed E-state index contributed by atoms with van der Waals surface area (Å²) in [6, 6.07) is 4.31. The van der Waals surface area contributed by atoms with Crippen LogP contribution in [0, 0.1) is 21.3 Å². The van der Waals surface area contributed by atoms with Gasteiger partial charge in [0.1, 0.15) is 0 Å². The van der Waals surface area contributed by atoms with E-state index in [2.05, 4.69) is 0 Å². The van der Waals surface area contributed by atoms with Gasteiger partial charge in [-0.3, -0.25) is 9.59 Å². The van der Waals surface area contributed by atoms with E-state index in [0.29, 0.717) is 52.0 Å². The molecular weight excluding hydrogens is 782 g/mol. The maximum absolute atomic E-state index is 14.0. The minimum Gasteiger partial charge on any atom is -0.504 e. The second-order valence-corrected chi connectivity index (χ2v) is 14.1. The minimum atomic E-state index is -5.16. The zero-order valence-electron chi connectivity index (χ0n) is 27.6. The molecule has 2 amide bonds.